The van der Waals surface area contributed by atoms with Crippen molar-refractivity contribution in [3.63, 3.8) is 0 Å². The molecule has 0 fully saturated rings. The third kappa shape index (κ3) is 4.86. The number of amides is 2. The summed E-state index contributed by atoms with van der Waals surface area (Å²) in [6.07, 6.45) is 0.203. The third-order valence-electron chi connectivity index (χ3n) is 3.39. The summed E-state index contributed by atoms with van der Waals surface area (Å²) < 4.78 is 16.1. The molecule has 0 aliphatic carbocycles. The highest BCUT2D eigenvalue weighted by Gasteiger charge is 2.34. The molecule has 2 amide bonds. The van der Waals surface area contributed by atoms with Crippen LogP contribution >= 0.6 is 0 Å². The first-order chi connectivity index (χ1) is 11.1. The first kappa shape index (κ1) is 17.6. The van der Waals surface area contributed by atoms with Gasteiger partial charge in [-0.15, -0.1) is 0 Å². The number of carbonyl (C=O) groups excluding carboxylic acids is 2. The van der Waals surface area contributed by atoms with Gasteiger partial charge in [0.1, 0.15) is 0 Å². The van der Waals surface area contributed by atoms with Crippen LogP contribution in [0.5, 0.6) is 0 Å². The van der Waals surface area contributed by atoms with E-state index in [0.717, 1.165) is 0 Å². The lowest BCUT2D eigenvalue weighted by molar-refractivity contribution is -0.00318. The smallest absolute Gasteiger partial charge is 0.261 e. The van der Waals surface area contributed by atoms with Gasteiger partial charge in [-0.25, -0.2) is 0 Å². The summed E-state index contributed by atoms with van der Waals surface area (Å²) in [7, 11) is 0. The maximum Gasteiger partial charge on any atom is 0.261 e. The molecule has 1 aliphatic rings. The zero-order chi connectivity index (χ0) is 16.7. The van der Waals surface area contributed by atoms with E-state index in [2.05, 4.69) is 0 Å². The predicted molar refractivity (Wildman–Crippen MR) is 84.5 cm³/mol. The molecular formula is C17H23NO5. The molecule has 1 aliphatic heterocycles. The standard InChI is InChI=1S/C17H23NO5/c1-13(2)23-12-11-22-10-9-21-8-7-18-16(19)14-5-3-4-6-15(14)17(18)20/h3-6,13H,7-12H2,1-2H3. The fourth-order valence-electron chi connectivity index (χ4n) is 2.26. The number of ether oxygens (including phenoxy) is 3. The Morgan fingerprint density at radius 1 is 0.870 bits per heavy atom. The van der Waals surface area contributed by atoms with Crippen LogP contribution in [-0.2, 0) is 14.2 Å². The minimum absolute atomic E-state index is 0.203. The number of nitrogens with zero attached hydrogens (tertiary/aromatic N) is 1. The van der Waals surface area contributed by atoms with Crippen LogP contribution in [0.3, 0.4) is 0 Å². The van der Waals surface area contributed by atoms with Crippen molar-refractivity contribution >= 4 is 11.8 Å². The number of carbonyl (C=O) groups is 2. The molecular weight excluding hydrogens is 298 g/mol. The molecule has 1 aromatic rings. The van der Waals surface area contributed by atoms with Crippen LogP contribution < -0.4 is 0 Å². The van der Waals surface area contributed by atoms with E-state index in [1.807, 2.05) is 13.8 Å². The topological polar surface area (TPSA) is 65.1 Å². The van der Waals surface area contributed by atoms with Crippen molar-refractivity contribution < 1.29 is 23.8 Å². The molecule has 1 heterocycles. The van der Waals surface area contributed by atoms with Gasteiger partial charge in [-0.05, 0) is 26.0 Å². The Morgan fingerprint density at radius 3 is 1.96 bits per heavy atom. The Balaban J connectivity index is 1.59. The van der Waals surface area contributed by atoms with Gasteiger partial charge >= 0.3 is 0 Å². The fraction of sp³-hybridized carbons (Fsp3) is 0.529. The highest BCUT2D eigenvalue weighted by molar-refractivity contribution is 6.21. The maximum absolute atomic E-state index is 12.1. The van der Waals surface area contributed by atoms with Crippen LogP contribution in [0.1, 0.15) is 34.6 Å². The van der Waals surface area contributed by atoms with Crippen LogP contribution in [0.15, 0.2) is 24.3 Å². The van der Waals surface area contributed by atoms with E-state index in [1.165, 1.54) is 4.90 Å². The zero-order valence-corrected chi connectivity index (χ0v) is 13.6. The Bertz CT molecular complexity index is 509. The van der Waals surface area contributed by atoms with E-state index in [9.17, 15) is 9.59 Å². The molecule has 6 heteroatoms. The van der Waals surface area contributed by atoms with E-state index in [4.69, 9.17) is 14.2 Å². The average molecular weight is 321 g/mol. The number of hydrogen-bond donors (Lipinski definition) is 0. The number of rotatable bonds is 10. The Morgan fingerprint density at radius 2 is 1.39 bits per heavy atom. The van der Waals surface area contributed by atoms with E-state index >= 15 is 0 Å². The van der Waals surface area contributed by atoms with Crippen molar-refractivity contribution in [1.82, 2.24) is 4.90 Å². The molecule has 0 aromatic heterocycles. The molecule has 0 radical (unpaired) electrons. The molecule has 0 saturated carbocycles. The van der Waals surface area contributed by atoms with Crippen molar-refractivity contribution in [1.29, 1.82) is 0 Å². The van der Waals surface area contributed by atoms with Crippen LogP contribution in [0.2, 0.25) is 0 Å². The summed E-state index contributed by atoms with van der Waals surface area (Å²) in [4.78, 5) is 25.4. The number of hydrogen-bond acceptors (Lipinski definition) is 5. The first-order valence-electron chi connectivity index (χ1n) is 7.83. The second-order valence-corrected chi connectivity index (χ2v) is 5.45. The molecule has 0 spiro atoms. The molecule has 1 aromatic carbocycles. The van der Waals surface area contributed by atoms with Gasteiger partial charge in [-0.2, -0.15) is 0 Å². The largest absolute Gasteiger partial charge is 0.377 e. The van der Waals surface area contributed by atoms with E-state index in [0.29, 0.717) is 44.2 Å². The van der Waals surface area contributed by atoms with Crippen molar-refractivity contribution in [2.45, 2.75) is 20.0 Å². The lowest BCUT2D eigenvalue weighted by Crippen LogP contribution is -2.33. The summed E-state index contributed by atoms with van der Waals surface area (Å²) in [5.74, 6) is -0.507. The molecule has 6 nitrogen and oxygen atoms in total. The number of fused-ring (bicyclic) bond motifs is 1. The van der Waals surface area contributed by atoms with Gasteiger partial charge in [0.15, 0.2) is 0 Å². The van der Waals surface area contributed by atoms with Gasteiger partial charge in [0.25, 0.3) is 11.8 Å². The van der Waals surface area contributed by atoms with Crippen LogP contribution in [0.25, 0.3) is 0 Å². The molecule has 0 saturated heterocycles. The molecule has 0 unspecified atom stereocenters. The Labute approximate surface area is 136 Å². The minimum atomic E-state index is -0.253. The lowest BCUT2D eigenvalue weighted by Gasteiger charge is -2.14. The molecule has 126 valence electrons. The van der Waals surface area contributed by atoms with Crippen molar-refractivity contribution in [3.8, 4) is 0 Å². The average Bonchev–Trinajstić information content (AvgIpc) is 2.78. The van der Waals surface area contributed by atoms with E-state index < -0.39 is 0 Å². The molecule has 0 bridgehead atoms. The quantitative estimate of drug-likeness (QED) is 0.485. The second-order valence-electron chi connectivity index (χ2n) is 5.45. The van der Waals surface area contributed by atoms with Gasteiger partial charge in [-0.1, -0.05) is 12.1 Å². The lowest BCUT2D eigenvalue weighted by atomic mass is 10.1. The highest BCUT2D eigenvalue weighted by Crippen LogP contribution is 2.21. The highest BCUT2D eigenvalue weighted by atomic mass is 16.5. The number of imide groups is 1. The molecule has 23 heavy (non-hydrogen) atoms. The van der Waals surface area contributed by atoms with Gasteiger partial charge in [0, 0.05) is 0 Å². The van der Waals surface area contributed by atoms with E-state index in [1.54, 1.807) is 24.3 Å². The fourth-order valence-corrected chi connectivity index (χ4v) is 2.26. The van der Waals surface area contributed by atoms with Crippen LogP contribution in [0, 0.1) is 0 Å². The van der Waals surface area contributed by atoms with E-state index in [-0.39, 0.29) is 24.5 Å². The number of benzene rings is 1. The second kappa shape index (κ2) is 8.76. The zero-order valence-electron chi connectivity index (χ0n) is 13.6. The molecule has 0 atom stereocenters. The van der Waals surface area contributed by atoms with Crippen LogP contribution in [-0.4, -0.2) is 62.4 Å². The molecule has 0 N–H and O–H groups in total. The molecule has 2 rings (SSSR count). The van der Waals surface area contributed by atoms with Crippen molar-refractivity contribution in [2.24, 2.45) is 0 Å². The Kier molecular flexibility index (Phi) is 6.70. The Hall–Kier alpha value is -1.76. The summed E-state index contributed by atoms with van der Waals surface area (Å²) in [5.41, 5.74) is 0.928. The predicted octanol–water partition coefficient (Wildman–Crippen LogP) is 1.74. The summed E-state index contributed by atoms with van der Waals surface area (Å²) >= 11 is 0. The van der Waals surface area contributed by atoms with Crippen molar-refractivity contribution in [2.75, 3.05) is 39.6 Å². The van der Waals surface area contributed by atoms with Gasteiger partial charge < -0.3 is 14.2 Å². The minimum Gasteiger partial charge on any atom is -0.377 e. The van der Waals surface area contributed by atoms with Gasteiger partial charge in [0.2, 0.25) is 0 Å². The summed E-state index contributed by atoms with van der Waals surface area (Å²) in [6, 6.07) is 6.85. The van der Waals surface area contributed by atoms with Crippen molar-refractivity contribution in [3.05, 3.63) is 35.4 Å². The third-order valence-corrected chi connectivity index (χ3v) is 3.39. The van der Waals surface area contributed by atoms with Gasteiger partial charge in [-0.3, -0.25) is 14.5 Å². The summed E-state index contributed by atoms with van der Waals surface area (Å²) in [6.45, 7) is 6.48. The van der Waals surface area contributed by atoms with Crippen LogP contribution in [0.4, 0.5) is 0 Å². The maximum atomic E-state index is 12.1. The van der Waals surface area contributed by atoms with Gasteiger partial charge in [0.05, 0.1) is 56.8 Å². The SMILES string of the molecule is CC(C)OCCOCCOCCN1C(=O)c2ccccc2C1=O. The normalized spacial score (nSPS) is 14.0. The first-order valence-corrected chi connectivity index (χ1v) is 7.83. The monoisotopic (exact) mass is 321 g/mol. The summed E-state index contributed by atoms with van der Waals surface area (Å²) in [5, 5.41) is 0.